The normalized spacial score (nSPS) is 23.9. The van der Waals surface area contributed by atoms with Crippen LogP contribution in [0.1, 0.15) is 26.2 Å². The summed E-state index contributed by atoms with van der Waals surface area (Å²) in [5.41, 5.74) is 0. The minimum absolute atomic E-state index is 0.109. The SMILES string of the molecule is CCS(=O)(=O)NCCNC(=NC)NC1CCC(SC)C1. The van der Waals surface area contributed by atoms with Crippen LogP contribution in [0.2, 0.25) is 0 Å². The molecule has 20 heavy (non-hydrogen) atoms. The Hall–Kier alpha value is -0.470. The van der Waals surface area contributed by atoms with Gasteiger partial charge >= 0.3 is 0 Å². The summed E-state index contributed by atoms with van der Waals surface area (Å²) in [5.74, 6) is 0.852. The summed E-state index contributed by atoms with van der Waals surface area (Å²) in [6.45, 7) is 2.52. The lowest BCUT2D eigenvalue weighted by molar-refractivity contribution is 0.580. The fourth-order valence-corrected chi connectivity index (χ4v) is 3.58. The predicted octanol–water partition coefficient (Wildman–Crippen LogP) is 0.375. The Bertz CT molecular complexity index is 412. The molecule has 0 spiro atoms. The summed E-state index contributed by atoms with van der Waals surface area (Å²) in [7, 11) is -1.38. The van der Waals surface area contributed by atoms with Gasteiger partial charge in [-0.3, -0.25) is 4.99 Å². The van der Waals surface area contributed by atoms with Gasteiger partial charge in [0.2, 0.25) is 10.0 Å². The molecule has 0 bridgehead atoms. The molecule has 2 atom stereocenters. The van der Waals surface area contributed by atoms with Crippen molar-refractivity contribution in [2.45, 2.75) is 37.5 Å². The van der Waals surface area contributed by atoms with E-state index in [4.69, 9.17) is 0 Å². The molecule has 0 aromatic rings. The van der Waals surface area contributed by atoms with E-state index < -0.39 is 10.0 Å². The van der Waals surface area contributed by atoms with Crippen molar-refractivity contribution in [3.8, 4) is 0 Å². The summed E-state index contributed by atoms with van der Waals surface area (Å²) in [6, 6.07) is 0.464. The number of sulfonamides is 1. The predicted molar refractivity (Wildman–Crippen MR) is 86.9 cm³/mol. The van der Waals surface area contributed by atoms with Gasteiger partial charge in [-0.2, -0.15) is 11.8 Å². The molecular formula is C12H26N4O2S2. The van der Waals surface area contributed by atoms with E-state index in [9.17, 15) is 8.42 Å². The number of thioether (sulfide) groups is 1. The van der Waals surface area contributed by atoms with Crippen LogP contribution in [0.3, 0.4) is 0 Å². The minimum atomic E-state index is -3.11. The minimum Gasteiger partial charge on any atom is -0.355 e. The summed E-state index contributed by atoms with van der Waals surface area (Å²) in [6.07, 6.45) is 5.71. The molecule has 0 aromatic carbocycles. The Kier molecular flexibility index (Phi) is 7.68. The van der Waals surface area contributed by atoms with Crippen molar-refractivity contribution in [1.82, 2.24) is 15.4 Å². The maximum absolute atomic E-state index is 11.3. The van der Waals surface area contributed by atoms with E-state index in [0.717, 1.165) is 24.1 Å². The number of aliphatic imine (C=N–C) groups is 1. The van der Waals surface area contributed by atoms with E-state index in [1.54, 1.807) is 14.0 Å². The van der Waals surface area contributed by atoms with E-state index >= 15 is 0 Å². The van der Waals surface area contributed by atoms with Crippen molar-refractivity contribution < 1.29 is 8.42 Å². The molecular weight excluding hydrogens is 296 g/mol. The van der Waals surface area contributed by atoms with Crippen molar-refractivity contribution in [2.75, 3.05) is 32.1 Å². The van der Waals surface area contributed by atoms with Gasteiger partial charge in [0.05, 0.1) is 5.75 Å². The Morgan fingerprint density at radius 2 is 2.10 bits per heavy atom. The highest BCUT2D eigenvalue weighted by atomic mass is 32.2. The maximum atomic E-state index is 11.3. The van der Waals surface area contributed by atoms with Crippen molar-refractivity contribution in [3.05, 3.63) is 0 Å². The van der Waals surface area contributed by atoms with E-state index in [1.807, 2.05) is 11.8 Å². The van der Waals surface area contributed by atoms with Crippen LogP contribution in [0.5, 0.6) is 0 Å². The fraction of sp³-hybridized carbons (Fsp3) is 0.917. The molecule has 118 valence electrons. The Morgan fingerprint density at radius 3 is 2.65 bits per heavy atom. The van der Waals surface area contributed by atoms with Crippen LogP contribution in [0.25, 0.3) is 0 Å². The summed E-state index contributed by atoms with van der Waals surface area (Å²) in [4.78, 5) is 4.17. The molecule has 1 fully saturated rings. The zero-order valence-electron chi connectivity index (χ0n) is 12.5. The van der Waals surface area contributed by atoms with Crippen molar-refractivity contribution in [3.63, 3.8) is 0 Å². The highest BCUT2D eigenvalue weighted by Gasteiger charge is 2.24. The van der Waals surface area contributed by atoms with Crippen LogP contribution in [0.15, 0.2) is 4.99 Å². The van der Waals surface area contributed by atoms with E-state index in [1.165, 1.54) is 6.42 Å². The first kappa shape index (κ1) is 17.6. The van der Waals surface area contributed by atoms with Gasteiger partial charge in [-0.15, -0.1) is 0 Å². The standard InChI is InChI=1S/C12H26N4O2S2/c1-4-20(17,18)15-8-7-14-12(13-2)16-10-5-6-11(9-10)19-3/h10-11,15H,4-9H2,1-3H3,(H2,13,14,16). The second-order valence-corrected chi connectivity index (χ2v) is 8.04. The Labute approximate surface area is 126 Å². The first-order valence-electron chi connectivity index (χ1n) is 6.98. The molecule has 8 heteroatoms. The molecule has 1 rings (SSSR count). The zero-order valence-corrected chi connectivity index (χ0v) is 14.1. The first-order valence-corrected chi connectivity index (χ1v) is 9.92. The lowest BCUT2D eigenvalue weighted by Gasteiger charge is -2.17. The van der Waals surface area contributed by atoms with E-state index in [2.05, 4.69) is 26.6 Å². The van der Waals surface area contributed by atoms with Gasteiger partial charge in [0.15, 0.2) is 5.96 Å². The number of nitrogens with zero attached hydrogens (tertiary/aromatic N) is 1. The molecule has 0 aliphatic heterocycles. The van der Waals surface area contributed by atoms with Gasteiger partial charge in [-0.05, 0) is 32.4 Å². The third-order valence-electron chi connectivity index (χ3n) is 3.40. The molecule has 3 N–H and O–H groups in total. The molecule has 0 radical (unpaired) electrons. The third kappa shape index (κ3) is 6.32. The number of nitrogens with one attached hydrogen (secondary N) is 3. The molecule has 0 heterocycles. The van der Waals surface area contributed by atoms with Gasteiger partial charge in [-0.1, -0.05) is 0 Å². The number of hydrogen-bond acceptors (Lipinski definition) is 4. The lowest BCUT2D eigenvalue weighted by Crippen LogP contribution is -2.45. The molecule has 0 saturated heterocycles. The summed E-state index contributed by atoms with van der Waals surface area (Å²) in [5, 5.41) is 7.26. The van der Waals surface area contributed by atoms with Crippen molar-refractivity contribution >= 4 is 27.7 Å². The van der Waals surface area contributed by atoms with Gasteiger partial charge in [-0.25, -0.2) is 13.1 Å². The average molecular weight is 323 g/mol. The Balaban J connectivity index is 2.24. The van der Waals surface area contributed by atoms with Crippen molar-refractivity contribution in [1.29, 1.82) is 0 Å². The van der Waals surface area contributed by atoms with Gasteiger partial charge in [0, 0.05) is 31.4 Å². The fourth-order valence-electron chi connectivity index (χ4n) is 2.16. The summed E-state index contributed by atoms with van der Waals surface area (Å²) >= 11 is 1.92. The maximum Gasteiger partial charge on any atom is 0.211 e. The van der Waals surface area contributed by atoms with Crippen LogP contribution in [-0.4, -0.2) is 57.8 Å². The zero-order chi connectivity index (χ0) is 15.0. The topological polar surface area (TPSA) is 82.6 Å². The molecule has 0 amide bonds. The second kappa shape index (κ2) is 8.74. The number of hydrogen-bond donors (Lipinski definition) is 3. The average Bonchev–Trinajstić information content (AvgIpc) is 2.89. The van der Waals surface area contributed by atoms with Crippen LogP contribution in [0.4, 0.5) is 0 Å². The van der Waals surface area contributed by atoms with Gasteiger partial charge in [0.25, 0.3) is 0 Å². The monoisotopic (exact) mass is 322 g/mol. The number of rotatable bonds is 7. The van der Waals surface area contributed by atoms with Crippen LogP contribution < -0.4 is 15.4 Å². The van der Waals surface area contributed by atoms with E-state index in [0.29, 0.717) is 19.1 Å². The largest absolute Gasteiger partial charge is 0.355 e. The third-order valence-corrected chi connectivity index (χ3v) is 5.90. The highest BCUT2D eigenvalue weighted by Crippen LogP contribution is 2.27. The van der Waals surface area contributed by atoms with Crippen molar-refractivity contribution in [2.24, 2.45) is 4.99 Å². The van der Waals surface area contributed by atoms with Crippen LogP contribution in [0, 0.1) is 0 Å². The highest BCUT2D eigenvalue weighted by molar-refractivity contribution is 7.99. The number of guanidine groups is 1. The molecule has 1 aliphatic carbocycles. The van der Waals surface area contributed by atoms with Gasteiger partial charge in [0.1, 0.15) is 0 Å². The van der Waals surface area contributed by atoms with Crippen LogP contribution >= 0.6 is 11.8 Å². The molecule has 0 aromatic heterocycles. The second-order valence-electron chi connectivity index (χ2n) is 4.81. The molecule has 1 saturated carbocycles. The summed E-state index contributed by atoms with van der Waals surface area (Å²) < 4.78 is 25.1. The quantitative estimate of drug-likeness (QED) is 0.358. The smallest absolute Gasteiger partial charge is 0.211 e. The van der Waals surface area contributed by atoms with E-state index in [-0.39, 0.29) is 5.75 Å². The first-order chi connectivity index (χ1) is 9.50. The molecule has 1 aliphatic rings. The molecule has 6 nitrogen and oxygen atoms in total. The van der Waals surface area contributed by atoms with Crippen LogP contribution in [-0.2, 0) is 10.0 Å². The molecule has 2 unspecified atom stereocenters. The van der Waals surface area contributed by atoms with Gasteiger partial charge < -0.3 is 10.6 Å². The Morgan fingerprint density at radius 1 is 1.35 bits per heavy atom. The lowest BCUT2D eigenvalue weighted by atomic mass is 10.2.